The van der Waals surface area contributed by atoms with Crippen LogP contribution in [0.3, 0.4) is 0 Å². The average Bonchev–Trinajstić information content (AvgIpc) is 3.10. The Bertz CT molecular complexity index is 1060. The molecule has 9 heteroatoms. The fourth-order valence-corrected chi connectivity index (χ4v) is 3.96. The van der Waals surface area contributed by atoms with Crippen LogP contribution in [0.25, 0.3) is 0 Å². The topological polar surface area (TPSA) is 79.0 Å². The highest BCUT2D eigenvalue weighted by atomic mass is 32.2. The fourth-order valence-electron chi connectivity index (χ4n) is 2.93. The Kier molecular flexibility index (Phi) is 6.81. The van der Waals surface area contributed by atoms with Gasteiger partial charge >= 0.3 is 0 Å². The molecular formula is C20H21FN4O2S2. The van der Waals surface area contributed by atoms with Gasteiger partial charge < -0.3 is 9.88 Å². The van der Waals surface area contributed by atoms with Crippen LogP contribution >= 0.6 is 23.1 Å². The first-order chi connectivity index (χ1) is 13.9. The molecule has 0 bridgehead atoms. The van der Waals surface area contributed by atoms with Gasteiger partial charge in [0.25, 0.3) is 5.56 Å². The lowest BCUT2D eigenvalue weighted by molar-refractivity contribution is -0.118. The Morgan fingerprint density at radius 1 is 1.24 bits per heavy atom. The minimum atomic E-state index is -0.368. The molecular weight excluding hydrogens is 411 g/mol. The van der Waals surface area contributed by atoms with Crippen LogP contribution in [-0.4, -0.2) is 27.1 Å². The maximum Gasteiger partial charge on any atom is 0.254 e. The van der Waals surface area contributed by atoms with Crippen LogP contribution in [0.4, 0.5) is 10.1 Å². The Morgan fingerprint density at radius 3 is 2.55 bits per heavy atom. The number of aromatic nitrogens is 3. The highest BCUT2D eigenvalue weighted by molar-refractivity contribution is 7.98. The molecule has 29 heavy (non-hydrogen) atoms. The van der Waals surface area contributed by atoms with E-state index in [1.54, 1.807) is 24.0 Å². The molecule has 0 aliphatic carbocycles. The first kappa shape index (κ1) is 21.2. The van der Waals surface area contributed by atoms with Gasteiger partial charge in [0.05, 0.1) is 17.2 Å². The highest BCUT2D eigenvalue weighted by Crippen LogP contribution is 2.21. The van der Waals surface area contributed by atoms with Gasteiger partial charge in [-0.05, 0) is 50.8 Å². The number of hydrogen-bond acceptors (Lipinski definition) is 6. The SMILES string of the molecule is CSc1nc(C)c(CCC(=O)N(Cc2csc(C)n2)c2ccc(F)cc2)c(=O)[nH]1. The molecule has 2 aromatic heterocycles. The van der Waals surface area contributed by atoms with E-state index >= 15 is 0 Å². The normalized spacial score (nSPS) is 10.9. The van der Waals surface area contributed by atoms with Gasteiger partial charge in [0, 0.05) is 28.7 Å². The van der Waals surface area contributed by atoms with Crippen molar-refractivity contribution in [1.29, 1.82) is 0 Å². The summed E-state index contributed by atoms with van der Waals surface area (Å²) in [5.74, 6) is -0.539. The van der Waals surface area contributed by atoms with Crippen molar-refractivity contribution in [1.82, 2.24) is 15.0 Å². The van der Waals surface area contributed by atoms with Gasteiger partial charge in [-0.15, -0.1) is 11.3 Å². The minimum absolute atomic E-state index is 0.130. The first-order valence-electron chi connectivity index (χ1n) is 8.98. The highest BCUT2D eigenvalue weighted by Gasteiger charge is 2.19. The molecule has 0 saturated heterocycles. The smallest absolute Gasteiger partial charge is 0.254 e. The van der Waals surface area contributed by atoms with Crippen LogP contribution in [0.15, 0.2) is 39.6 Å². The number of carbonyl (C=O) groups is 1. The lowest BCUT2D eigenvalue weighted by atomic mass is 10.1. The number of amides is 1. The second-order valence-corrected chi connectivity index (χ2v) is 8.31. The quantitative estimate of drug-likeness (QED) is 0.453. The molecule has 0 fully saturated rings. The van der Waals surface area contributed by atoms with E-state index in [9.17, 15) is 14.0 Å². The van der Waals surface area contributed by atoms with Crippen LogP contribution in [0.5, 0.6) is 0 Å². The summed E-state index contributed by atoms with van der Waals surface area (Å²) in [4.78, 5) is 38.4. The van der Waals surface area contributed by atoms with Crippen molar-refractivity contribution in [3.05, 3.63) is 67.8 Å². The third-order valence-corrected chi connectivity index (χ3v) is 5.81. The predicted octanol–water partition coefficient (Wildman–Crippen LogP) is 3.87. The van der Waals surface area contributed by atoms with Crippen LogP contribution in [0.1, 0.15) is 28.4 Å². The number of carbonyl (C=O) groups excluding carboxylic acids is 1. The Balaban J connectivity index is 1.81. The zero-order chi connectivity index (χ0) is 21.0. The lowest BCUT2D eigenvalue weighted by Crippen LogP contribution is -2.31. The van der Waals surface area contributed by atoms with Crippen molar-refractivity contribution in [3.63, 3.8) is 0 Å². The van der Waals surface area contributed by atoms with Gasteiger partial charge in [0.15, 0.2) is 5.16 Å². The van der Waals surface area contributed by atoms with E-state index in [1.807, 2.05) is 18.6 Å². The average molecular weight is 433 g/mol. The maximum absolute atomic E-state index is 13.3. The monoisotopic (exact) mass is 432 g/mol. The third-order valence-electron chi connectivity index (χ3n) is 4.41. The molecule has 152 valence electrons. The van der Waals surface area contributed by atoms with E-state index < -0.39 is 0 Å². The zero-order valence-corrected chi connectivity index (χ0v) is 18.0. The van der Waals surface area contributed by atoms with Gasteiger partial charge in [0.2, 0.25) is 5.91 Å². The van der Waals surface area contributed by atoms with Crippen molar-refractivity contribution in [2.45, 2.75) is 38.4 Å². The number of halogens is 1. The number of aromatic amines is 1. The number of thiazole rings is 1. The number of anilines is 1. The Morgan fingerprint density at radius 2 is 1.97 bits per heavy atom. The predicted molar refractivity (Wildman–Crippen MR) is 114 cm³/mol. The number of nitrogens with one attached hydrogen (secondary N) is 1. The molecule has 0 saturated carbocycles. The number of nitrogens with zero attached hydrogens (tertiary/aromatic N) is 3. The van der Waals surface area contributed by atoms with Gasteiger partial charge in [-0.3, -0.25) is 9.59 Å². The number of rotatable bonds is 7. The molecule has 0 unspecified atom stereocenters. The molecule has 3 aromatic rings. The third kappa shape index (κ3) is 5.30. The summed E-state index contributed by atoms with van der Waals surface area (Å²) in [6.45, 7) is 3.96. The van der Waals surface area contributed by atoms with Crippen LogP contribution in [0.2, 0.25) is 0 Å². The van der Waals surface area contributed by atoms with E-state index in [-0.39, 0.29) is 36.7 Å². The van der Waals surface area contributed by atoms with E-state index in [4.69, 9.17) is 0 Å². The fraction of sp³-hybridized carbons (Fsp3) is 0.300. The molecule has 0 atom stereocenters. The van der Waals surface area contributed by atoms with Gasteiger partial charge in [-0.1, -0.05) is 11.8 Å². The van der Waals surface area contributed by atoms with Gasteiger partial charge in [0.1, 0.15) is 5.82 Å². The first-order valence-corrected chi connectivity index (χ1v) is 11.1. The van der Waals surface area contributed by atoms with Crippen molar-refractivity contribution < 1.29 is 9.18 Å². The second-order valence-electron chi connectivity index (χ2n) is 6.45. The van der Waals surface area contributed by atoms with Gasteiger partial charge in [-0.25, -0.2) is 14.4 Å². The van der Waals surface area contributed by atoms with Crippen LogP contribution in [0, 0.1) is 19.7 Å². The number of aryl methyl sites for hydroxylation is 2. The van der Waals surface area contributed by atoms with E-state index in [2.05, 4.69) is 15.0 Å². The van der Waals surface area contributed by atoms with Crippen molar-refractivity contribution in [2.75, 3.05) is 11.2 Å². The van der Waals surface area contributed by atoms with Crippen molar-refractivity contribution in [3.8, 4) is 0 Å². The standard InChI is InChI=1S/C20H21FN4O2S2/c1-12-17(19(27)24-20(22-12)28-3)8-9-18(26)25(10-15-11-29-13(2)23-15)16-6-4-14(21)5-7-16/h4-7,11H,8-10H2,1-3H3,(H,22,24,27). The molecule has 0 aliphatic rings. The molecule has 6 nitrogen and oxygen atoms in total. The molecule has 0 aliphatic heterocycles. The molecule has 2 heterocycles. The van der Waals surface area contributed by atoms with Crippen molar-refractivity contribution in [2.24, 2.45) is 0 Å². The zero-order valence-electron chi connectivity index (χ0n) is 16.4. The summed E-state index contributed by atoms with van der Waals surface area (Å²) in [7, 11) is 0. The summed E-state index contributed by atoms with van der Waals surface area (Å²) in [5.41, 5.74) is 2.25. The summed E-state index contributed by atoms with van der Waals surface area (Å²) in [6, 6.07) is 5.78. The molecule has 0 radical (unpaired) electrons. The molecule has 1 amide bonds. The minimum Gasteiger partial charge on any atom is -0.306 e. The number of H-pyrrole nitrogens is 1. The van der Waals surface area contributed by atoms with E-state index in [1.165, 1.54) is 35.2 Å². The summed E-state index contributed by atoms with van der Waals surface area (Å²) in [6.07, 6.45) is 2.24. The maximum atomic E-state index is 13.3. The Labute approximate surface area is 176 Å². The van der Waals surface area contributed by atoms with Crippen LogP contribution in [-0.2, 0) is 17.8 Å². The number of benzene rings is 1. The van der Waals surface area contributed by atoms with Crippen LogP contribution < -0.4 is 10.5 Å². The second kappa shape index (κ2) is 9.32. The summed E-state index contributed by atoms with van der Waals surface area (Å²) >= 11 is 2.87. The molecule has 0 spiro atoms. The number of hydrogen-bond donors (Lipinski definition) is 1. The van der Waals surface area contributed by atoms with Crippen molar-refractivity contribution >= 4 is 34.7 Å². The summed E-state index contributed by atoms with van der Waals surface area (Å²) in [5, 5.41) is 3.36. The number of thioether (sulfide) groups is 1. The Hall–Kier alpha value is -2.52. The summed E-state index contributed by atoms with van der Waals surface area (Å²) < 4.78 is 13.3. The largest absolute Gasteiger partial charge is 0.306 e. The lowest BCUT2D eigenvalue weighted by Gasteiger charge is -2.22. The molecule has 3 rings (SSSR count). The molecule has 1 aromatic carbocycles. The van der Waals surface area contributed by atoms with Gasteiger partial charge in [-0.2, -0.15) is 0 Å². The van der Waals surface area contributed by atoms with E-state index in [0.29, 0.717) is 22.1 Å². The van der Waals surface area contributed by atoms with E-state index in [0.717, 1.165) is 10.7 Å². The molecule has 1 N–H and O–H groups in total.